The van der Waals surface area contributed by atoms with Gasteiger partial charge in [0, 0.05) is 24.9 Å². The van der Waals surface area contributed by atoms with Crippen LogP contribution in [-0.2, 0) is 6.54 Å². The molecule has 3 rings (SSSR count). The third kappa shape index (κ3) is 2.96. The molecule has 1 aliphatic carbocycles. The summed E-state index contributed by atoms with van der Waals surface area (Å²) in [6.07, 6.45) is 5.56. The van der Waals surface area contributed by atoms with Crippen molar-refractivity contribution in [2.75, 3.05) is 0 Å². The van der Waals surface area contributed by atoms with Gasteiger partial charge in [0.25, 0.3) is 5.91 Å². The van der Waals surface area contributed by atoms with E-state index in [1.807, 2.05) is 30.3 Å². The van der Waals surface area contributed by atoms with Crippen molar-refractivity contribution in [3.05, 3.63) is 59.7 Å². The number of aromatic nitrogens is 2. The van der Waals surface area contributed by atoms with E-state index >= 15 is 0 Å². The summed E-state index contributed by atoms with van der Waals surface area (Å²) in [7, 11) is 0. The van der Waals surface area contributed by atoms with E-state index < -0.39 is 0 Å². The van der Waals surface area contributed by atoms with E-state index in [-0.39, 0.29) is 5.91 Å². The van der Waals surface area contributed by atoms with Gasteiger partial charge in [0.2, 0.25) is 0 Å². The highest BCUT2D eigenvalue weighted by atomic mass is 16.1. The number of nitrogens with one attached hydrogen (secondary N) is 1. The van der Waals surface area contributed by atoms with Gasteiger partial charge in [0.05, 0.1) is 5.56 Å². The maximum absolute atomic E-state index is 11.9. The number of amides is 1. The van der Waals surface area contributed by atoms with E-state index in [4.69, 9.17) is 0 Å². The third-order valence-corrected chi connectivity index (χ3v) is 3.17. The summed E-state index contributed by atoms with van der Waals surface area (Å²) in [6, 6.07) is 9.82. The lowest BCUT2D eigenvalue weighted by Crippen LogP contribution is -2.23. The molecule has 1 heterocycles. The summed E-state index contributed by atoms with van der Waals surface area (Å²) < 4.78 is 0. The van der Waals surface area contributed by atoms with Gasteiger partial charge in [-0.15, -0.1) is 0 Å². The maximum atomic E-state index is 11.9. The SMILES string of the molecule is O=C(NCc1ccccc1)c1cnc(C2CC2)nc1. The first-order valence-corrected chi connectivity index (χ1v) is 6.47. The quantitative estimate of drug-likeness (QED) is 0.909. The van der Waals surface area contributed by atoms with Gasteiger partial charge in [0.1, 0.15) is 5.82 Å². The van der Waals surface area contributed by atoms with Crippen molar-refractivity contribution in [1.29, 1.82) is 0 Å². The van der Waals surface area contributed by atoms with E-state index in [1.165, 1.54) is 12.8 Å². The lowest BCUT2D eigenvalue weighted by molar-refractivity contribution is 0.0950. The van der Waals surface area contributed by atoms with Crippen molar-refractivity contribution >= 4 is 5.91 Å². The van der Waals surface area contributed by atoms with Crippen molar-refractivity contribution in [3.8, 4) is 0 Å². The van der Waals surface area contributed by atoms with Gasteiger partial charge in [-0.05, 0) is 18.4 Å². The first-order valence-electron chi connectivity index (χ1n) is 6.47. The minimum absolute atomic E-state index is 0.133. The summed E-state index contributed by atoms with van der Waals surface area (Å²) in [6.45, 7) is 0.518. The van der Waals surface area contributed by atoms with Crippen molar-refractivity contribution in [1.82, 2.24) is 15.3 Å². The number of hydrogen-bond acceptors (Lipinski definition) is 3. The number of nitrogens with zero attached hydrogens (tertiary/aromatic N) is 2. The zero-order chi connectivity index (χ0) is 13.1. The predicted molar refractivity (Wildman–Crippen MR) is 71.6 cm³/mol. The standard InChI is InChI=1S/C15H15N3O/c19-15(18-8-11-4-2-1-3-5-11)13-9-16-14(17-10-13)12-6-7-12/h1-5,9-10,12H,6-8H2,(H,18,19). The molecule has 0 saturated heterocycles. The number of benzene rings is 1. The molecular formula is C15H15N3O. The van der Waals surface area contributed by atoms with Crippen molar-refractivity contribution in [2.24, 2.45) is 0 Å². The Morgan fingerprint density at radius 3 is 2.47 bits per heavy atom. The maximum Gasteiger partial charge on any atom is 0.254 e. The van der Waals surface area contributed by atoms with Crippen LogP contribution in [0.15, 0.2) is 42.7 Å². The number of rotatable bonds is 4. The minimum atomic E-state index is -0.133. The molecule has 0 bridgehead atoms. The van der Waals surface area contributed by atoms with Gasteiger partial charge in [-0.3, -0.25) is 4.79 Å². The Morgan fingerprint density at radius 2 is 1.84 bits per heavy atom. The molecule has 4 nitrogen and oxygen atoms in total. The fourth-order valence-corrected chi connectivity index (χ4v) is 1.89. The normalized spacial score (nSPS) is 14.1. The fraction of sp³-hybridized carbons (Fsp3) is 0.267. The van der Waals surface area contributed by atoms with Gasteiger partial charge in [0.15, 0.2) is 0 Å². The second-order valence-corrected chi connectivity index (χ2v) is 4.77. The van der Waals surface area contributed by atoms with Gasteiger partial charge in [-0.1, -0.05) is 30.3 Å². The Hall–Kier alpha value is -2.23. The molecule has 19 heavy (non-hydrogen) atoms. The van der Waals surface area contributed by atoms with E-state index in [9.17, 15) is 4.79 Å². The molecule has 1 saturated carbocycles. The fourth-order valence-electron chi connectivity index (χ4n) is 1.89. The molecule has 0 aliphatic heterocycles. The molecule has 1 amide bonds. The number of carbonyl (C=O) groups excluding carboxylic acids is 1. The Bertz CT molecular complexity index is 562. The lowest BCUT2D eigenvalue weighted by Gasteiger charge is -2.05. The number of carbonyl (C=O) groups is 1. The Morgan fingerprint density at radius 1 is 1.16 bits per heavy atom. The zero-order valence-electron chi connectivity index (χ0n) is 10.5. The molecule has 1 aromatic heterocycles. The average molecular weight is 253 g/mol. The van der Waals surface area contributed by atoms with Crippen LogP contribution in [0.25, 0.3) is 0 Å². The summed E-state index contributed by atoms with van der Waals surface area (Å²) in [5, 5.41) is 2.86. The van der Waals surface area contributed by atoms with Crippen LogP contribution < -0.4 is 5.32 Å². The molecule has 2 aromatic rings. The van der Waals surface area contributed by atoms with Gasteiger partial charge in [-0.25, -0.2) is 9.97 Å². The van der Waals surface area contributed by atoms with Crippen LogP contribution in [0.2, 0.25) is 0 Å². The molecule has 1 fully saturated rings. The van der Waals surface area contributed by atoms with E-state index in [0.717, 1.165) is 11.4 Å². The summed E-state index contributed by atoms with van der Waals surface area (Å²) in [4.78, 5) is 20.4. The van der Waals surface area contributed by atoms with E-state index in [2.05, 4.69) is 15.3 Å². The van der Waals surface area contributed by atoms with Crippen molar-refractivity contribution < 1.29 is 4.79 Å². The second kappa shape index (κ2) is 5.18. The Balaban J connectivity index is 1.60. The Labute approximate surface area is 111 Å². The van der Waals surface area contributed by atoms with Crippen LogP contribution >= 0.6 is 0 Å². The topological polar surface area (TPSA) is 54.9 Å². The van der Waals surface area contributed by atoms with Gasteiger partial charge >= 0.3 is 0 Å². The molecule has 0 radical (unpaired) electrons. The summed E-state index contributed by atoms with van der Waals surface area (Å²) >= 11 is 0. The van der Waals surface area contributed by atoms with Crippen LogP contribution in [0.5, 0.6) is 0 Å². The van der Waals surface area contributed by atoms with Crippen LogP contribution in [-0.4, -0.2) is 15.9 Å². The Kier molecular flexibility index (Phi) is 3.23. The van der Waals surface area contributed by atoms with Crippen LogP contribution in [0, 0.1) is 0 Å². The molecule has 0 spiro atoms. The first-order chi connectivity index (χ1) is 9.33. The summed E-state index contributed by atoms with van der Waals surface area (Å²) in [5.74, 6) is 1.24. The van der Waals surface area contributed by atoms with Crippen LogP contribution in [0.3, 0.4) is 0 Å². The van der Waals surface area contributed by atoms with Crippen molar-refractivity contribution in [2.45, 2.75) is 25.3 Å². The van der Waals surface area contributed by atoms with E-state index in [1.54, 1.807) is 12.4 Å². The molecule has 0 atom stereocenters. The highest BCUT2D eigenvalue weighted by molar-refractivity contribution is 5.93. The van der Waals surface area contributed by atoms with Crippen LogP contribution in [0.4, 0.5) is 0 Å². The average Bonchev–Trinajstić information content (AvgIpc) is 3.31. The smallest absolute Gasteiger partial charge is 0.254 e. The molecule has 0 unspecified atom stereocenters. The molecule has 1 aromatic carbocycles. The minimum Gasteiger partial charge on any atom is -0.348 e. The highest BCUT2D eigenvalue weighted by Crippen LogP contribution is 2.37. The zero-order valence-corrected chi connectivity index (χ0v) is 10.5. The second-order valence-electron chi connectivity index (χ2n) is 4.77. The monoisotopic (exact) mass is 253 g/mol. The third-order valence-electron chi connectivity index (χ3n) is 3.17. The van der Waals surface area contributed by atoms with E-state index in [0.29, 0.717) is 18.0 Å². The first kappa shape index (κ1) is 11.8. The predicted octanol–water partition coefficient (Wildman–Crippen LogP) is 2.28. The molecule has 1 aliphatic rings. The molecule has 1 N–H and O–H groups in total. The van der Waals surface area contributed by atoms with Crippen LogP contribution in [0.1, 0.15) is 40.5 Å². The summed E-state index contributed by atoms with van der Waals surface area (Å²) in [5.41, 5.74) is 1.59. The molecular weight excluding hydrogens is 238 g/mol. The number of hydrogen-bond donors (Lipinski definition) is 1. The lowest BCUT2D eigenvalue weighted by atomic mass is 10.2. The van der Waals surface area contributed by atoms with Gasteiger partial charge in [-0.2, -0.15) is 0 Å². The molecule has 96 valence electrons. The highest BCUT2D eigenvalue weighted by Gasteiger charge is 2.26. The van der Waals surface area contributed by atoms with Gasteiger partial charge < -0.3 is 5.32 Å². The molecule has 4 heteroatoms. The largest absolute Gasteiger partial charge is 0.348 e. The van der Waals surface area contributed by atoms with Crippen molar-refractivity contribution in [3.63, 3.8) is 0 Å².